The second-order valence-electron chi connectivity index (χ2n) is 4.45. The number of nitrogens with one attached hydrogen (secondary N) is 1. The van der Waals surface area contributed by atoms with Crippen molar-refractivity contribution >= 4 is 11.4 Å². The Morgan fingerprint density at radius 1 is 1.38 bits per heavy atom. The topological polar surface area (TPSA) is 47.3 Å². The number of ether oxygens (including phenoxy) is 1. The van der Waals surface area contributed by atoms with Gasteiger partial charge in [-0.05, 0) is 30.9 Å². The van der Waals surface area contributed by atoms with Crippen LogP contribution in [0.5, 0.6) is 5.75 Å². The average Bonchev–Trinajstić information content (AvgIpc) is 2.81. The van der Waals surface area contributed by atoms with Gasteiger partial charge in [0.2, 0.25) is 0 Å². The van der Waals surface area contributed by atoms with E-state index in [4.69, 9.17) is 10.5 Å². The first-order valence-corrected chi connectivity index (χ1v) is 5.97. The Bertz CT molecular complexity index is 346. The highest BCUT2D eigenvalue weighted by Crippen LogP contribution is 2.30. The maximum absolute atomic E-state index is 5.99. The van der Waals surface area contributed by atoms with E-state index in [1.807, 2.05) is 18.2 Å². The molecule has 0 unspecified atom stereocenters. The highest BCUT2D eigenvalue weighted by Gasteiger charge is 2.15. The molecule has 0 aliphatic heterocycles. The van der Waals surface area contributed by atoms with E-state index in [0.717, 1.165) is 23.9 Å². The van der Waals surface area contributed by atoms with Gasteiger partial charge in [0, 0.05) is 6.54 Å². The highest BCUT2D eigenvalue weighted by molar-refractivity contribution is 5.72. The van der Waals surface area contributed by atoms with Gasteiger partial charge in [0.25, 0.3) is 0 Å². The molecule has 1 aliphatic rings. The summed E-state index contributed by atoms with van der Waals surface area (Å²) in [5, 5.41) is 3.42. The zero-order valence-electron chi connectivity index (χ0n) is 9.83. The molecular weight excluding hydrogens is 200 g/mol. The molecule has 1 fully saturated rings. The van der Waals surface area contributed by atoms with Crippen molar-refractivity contribution in [1.82, 2.24) is 0 Å². The first-order chi connectivity index (χ1) is 7.81. The van der Waals surface area contributed by atoms with Crippen molar-refractivity contribution in [3.8, 4) is 5.75 Å². The van der Waals surface area contributed by atoms with Crippen LogP contribution in [0.3, 0.4) is 0 Å². The standard InChI is InChI=1S/C13H20N2O/c1-16-12-8-4-7-11(13(12)14)15-9-10-5-2-3-6-10/h4,7-8,10,15H,2-3,5-6,9,14H2,1H3. The van der Waals surface area contributed by atoms with Gasteiger partial charge in [0.05, 0.1) is 18.5 Å². The molecule has 0 radical (unpaired) electrons. The second-order valence-corrected chi connectivity index (χ2v) is 4.45. The van der Waals surface area contributed by atoms with E-state index in [2.05, 4.69) is 5.32 Å². The Hall–Kier alpha value is -1.38. The van der Waals surface area contributed by atoms with Gasteiger partial charge in [-0.2, -0.15) is 0 Å². The molecule has 1 aromatic carbocycles. The Balaban J connectivity index is 1.97. The fourth-order valence-electron chi connectivity index (χ4n) is 2.34. The third kappa shape index (κ3) is 2.40. The number of methoxy groups -OCH3 is 1. The van der Waals surface area contributed by atoms with Crippen molar-refractivity contribution in [2.75, 3.05) is 24.7 Å². The first-order valence-electron chi connectivity index (χ1n) is 5.97. The third-order valence-corrected chi connectivity index (χ3v) is 3.34. The lowest BCUT2D eigenvalue weighted by Crippen LogP contribution is -2.12. The monoisotopic (exact) mass is 220 g/mol. The first kappa shape index (κ1) is 11.1. The van der Waals surface area contributed by atoms with Gasteiger partial charge in [-0.25, -0.2) is 0 Å². The molecule has 0 bridgehead atoms. The van der Waals surface area contributed by atoms with Crippen LogP contribution in [0.4, 0.5) is 11.4 Å². The second kappa shape index (κ2) is 5.10. The Morgan fingerprint density at radius 2 is 2.12 bits per heavy atom. The molecule has 0 saturated heterocycles. The summed E-state index contributed by atoms with van der Waals surface area (Å²) in [5.41, 5.74) is 7.69. The van der Waals surface area contributed by atoms with Crippen molar-refractivity contribution in [2.24, 2.45) is 5.92 Å². The summed E-state index contributed by atoms with van der Waals surface area (Å²) in [6.07, 6.45) is 5.44. The van der Waals surface area contributed by atoms with E-state index < -0.39 is 0 Å². The zero-order valence-corrected chi connectivity index (χ0v) is 9.83. The summed E-state index contributed by atoms with van der Waals surface area (Å²) < 4.78 is 5.19. The van der Waals surface area contributed by atoms with E-state index in [0.29, 0.717) is 5.69 Å². The summed E-state index contributed by atoms with van der Waals surface area (Å²) in [6.45, 7) is 1.03. The molecule has 0 spiro atoms. The molecule has 0 atom stereocenters. The average molecular weight is 220 g/mol. The minimum atomic E-state index is 0.711. The largest absolute Gasteiger partial charge is 0.495 e. The van der Waals surface area contributed by atoms with Gasteiger partial charge in [-0.3, -0.25) is 0 Å². The van der Waals surface area contributed by atoms with Crippen LogP contribution >= 0.6 is 0 Å². The summed E-state index contributed by atoms with van der Waals surface area (Å²) in [4.78, 5) is 0. The lowest BCUT2D eigenvalue weighted by atomic mass is 10.1. The maximum Gasteiger partial charge on any atom is 0.143 e. The highest BCUT2D eigenvalue weighted by atomic mass is 16.5. The SMILES string of the molecule is COc1cccc(NCC2CCCC2)c1N. The van der Waals surface area contributed by atoms with Crippen molar-refractivity contribution < 1.29 is 4.74 Å². The van der Waals surface area contributed by atoms with Gasteiger partial charge in [-0.15, -0.1) is 0 Å². The zero-order chi connectivity index (χ0) is 11.4. The van der Waals surface area contributed by atoms with Crippen LogP contribution < -0.4 is 15.8 Å². The molecule has 0 heterocycles. The van der Waals surface area contributed by atoms with Crippen molar-refractivity contribution in [3.05, 3.63) is 18.2 Å². The molecule has 3 N–H and O–H groups in total. The van der Waals surface area contributed by atoms with Crippen LogP contribution in [-0.4, -0.2) is 13.7 Å². The third-order valence-electron chi connectivity index (χ3n) is 3.34. The fraction of sp³-hybridized carbons (Fsp3) is 0.538. The number of anilines is 2. The maximum atomic E-state index is 5.99. The predicted octanol–water partition coefficient (Wildman–Crippen LogP) is 2.88. The predicted molar refractivity (Wildman–Crippen MR) is 67.9 cm³/mol. The summed E-state index contributed by atoms with van der Waals surface area (Å²) in [7, 11) is 1.65. The molecule has 1 aromatic rings. The minimum absolute atomic E-state index is 0.711. The lowest BCUT2D eigenvalue weighted by molar-refractivity contribution is 0.417. The van der Waals surface area contributed by atoms with Gasteiger partial charge in [0.15, 0.2) is 0 Å². The summed E-state index contributed by atoms with van der Waals surface area (Å²) in [6, 6.07) is 5.86. The summed E-state index contributed by atoms with van der Waals surface area (Å²) >= 11 is 0. The Kier molecular flexibility index (Phi) is 3.54. The van der Waals surface area contributed by atoms with E-state index in [9.17, 15) is 0 Å². The molecule has 0 aromatic heterocycles. The normalized spacial score (nSPS) is 16.3. The van der Waals surface area contributed by atoms with Gasteiger partial charge in [0.1, 0.15) is 5.75 Å². The molecule has 1 aliphatic carbocycles. The molecule has 1 saturated carbocycles. The van der Waals surface area contributed by atoms with Crippen LogP contribution in [0.1, 0.15) is 25.7 Å². The van der Waals surface area contributed by atoms with Crippen molar-refractivity contribution in [2.45, 2.75) is 25.7 Å². The van der Waals surface area contributed by atoms with Crippen molar-refractivity contribution in [3.63, 3.8) is 0 Å². The van der Waals surface area contributed by atoms with Gasteiger partial charge < -0.3 is 15.8 Å². The van der Waals surface area contributed by atoms with E-state index in [1.165, 1.54) is 25.7 Å². The minimum Gasteiger partial charge on any atom is -0.495 e. The Labute approximate surface area is 97.0 Å². The van der Waals surface area contributed by atoms with Crippen LogP contribution in [0.25, 0.3) is 0 Å². The molecule has 16 heavy (non-hydrogen) atoms. The molecule has 3 nitrogen and oxygen atoms in total. The van der Waals surface area contributed by atoms with Gasteiger partial charge >= 0.3 is 0 Å². The fourth-order valence-corrected chi connectivity index (χ4v) is 2.34. The van der Waals surface area contributed by atoms with Crippen LogP contribution in [0.2, 0.25) is 0 Å². The summed E-state index contributed by atoms with van der Waals surface area (Å²) in [5.74, 6) is 1.56. The lowest BCUT2D eigenvalue weighted by Gasteiger charge is -2.15. The number of hydrogen-bond donors (Lipinski definition) is 2. The van der Waals surface area contributed by atoms with Crippen LogP contribution in [0.15, 0.2) is 18.2 Å². The van der Waals surface area contributed by atoms with E-state index in [-0.39, 0.29) is 0 Å². The smallest absolute Gasteiger partial charge is 0.143 e. The van der Waals surface area contributed by atoms with Crippen LogP contribution in [0, 0.1) is 5.92 Å². The molecule has 88 valence electrons. The molecular formula is C13H20N2O. The van der Waals surface area contributed by atoms with E-state index in [1.54, 1.807) is 7.11 Å². The molecule has 2 rings (SSSR count). The quantitative estimate of drug-likeness (QED) is 0.767. The van der Waals surface area contributed by atoms with Crippen LogP contribution in [-0.2, 0) is 0 Å². The number of benzene rings is 1. The molecule has 0 amide bonds. The van der Waals surface area contributed by atoms with Crippen molar-refractivity contribution in [1.29, 1.82) is 0 Å². The number of nitrogen functional groups attached to an aromatic ring is 1. The molecule has 3 heteroatoms. The van der Waals surface area contributed by atoms with E-state index >= 15 is 0 Å². The van der Waals surface area contributed by atoms with Gasteiger partial charge in [-0.1, -0.05) is 18.9 Å². The number of hydrogen-bond acceptors (Lipinski definition) is 3. The Morgan fingerprint density at radius 3 is 2.81 bits per heavy atom. The number of rotatable bonds is 4. The number of nitrogens with two attached hydrogens (primary N) is 1. The number of para-hydroxylation sites is 1.